The molecule has 4 rings (SSSR count). The molecule has 0 saturated carbocycles. The molecule has 2 atom stereocenters. The van der Waals surface area contributed by atoms with Gasteiger partial charge in [0.2, 0.25) is 5.91 Å². The summed E-state index contributed by atoms with van der Waals surface area (Å²) in [5.74, 6) is 1.13. The third kappa shape index (κ3) is 4.36. The van der Waals surface area contributed by atoms with Crippen molar-refractivity contribution in [3.8, 4) is 5.75 Å². The largest absolute Gasteiger partial charge is 0.496 e. The Hall–Kier alpha value is -2.03. The van der Waals surface area contributed by atoms with Gasteiger partial charge in [-0.05, 0) is 24.4 Å². The van der Waals surface area contributed by atoms with E-state index in [1.807, 2.05) is 58.5 Å². The molecule has 1 aromatic heterocycles. The molecule has 2 fully saturated rings. The summed E-state index contributed by atoms with van der Waals surface area (Å²) in [6, 6.07) is 11.7. The number of rotatable bonds is 6. The van der Waals surface area contributed by atoms with Crippen LogP contribution < -0.4 is 4.74 Å². The number of hydrogen-bond donors (Lipinski definition) is 0. The fraction of sp³-hybridized carbons (Fsp3) is 0.455. The molecule has 2 aliphatic rings. The predicted octanol–water partition coefficient (Wildman–Crippen LogP) is 3.18. The second-order valence-corrected chi connectivity index (χ2v) is 9.89. The molecule has 2 aromatic rings. The van der Waals surface area contributed by atoms with Crippen LogP contribution in [-0.4, -0.2) is 78.1 Å². The van der Waals surface area contributed by atoms with Crippen molar-refractivity contribution < 1.29 is 14.3 Å². The van der Waals surface area contributed by atoms with Crippen LogP contribution in [0.2, 0.25) is 0 Å². The van der Waals surface area contributed by atoms with Crippen LogP contribution in [-0.2, 0) is 4.79 Å². The number of amides is 2. The summed E-state index contributed by atoms with van der Waals surface area (Å²) in [5.41, 5.74) is 1.05. The lowest BCUT2D eigenvalue weighted by atomic mass is 10.1. The Morgan fingerprint density at radius 3 is 2.57 bits per heavy atom. The Morgan fingerprint density at radius 1 is 1.10 bits per heavy atom. The number of methoxy groups -OCH3 is 1. The van der Waals surface area contributed by atoms with E-state index in [1.165, 1.54) is 11.3 Å². The van der Waals surface area contributed by atoms with Gasteiger partial charge in [-0.3, -0.25) is 14.5 Å². The first kappa shape index (κ1) is 21.2. The van der Waals surface area contributed by atoms with E-state index in [-0.39, 0.29) is 22.4 Å². The van der Waals surface area contributed by atoms with Gasteiger partial charge in [-0.15, -0.1) is 23.1 Å². The topological polar surface area (TPSA) is 53.1 Å². The molecule has 0 bridgehead atoms. The van der Waals surface area contributed by atoms with Gasteiger partial charge in [0.15, 0.2) is 0 Å². The summed E-state index contributed by atoms with van der Waals surface area (Å²) in [6.45, 7) is 6.59. The molecule has 0 aliphatic carbocycles. The quantitative estimate of drug-likeness (QED) is 0.684. The maximum absolute atomic E-state index is 12.8. The van der Waals surface area contributed by atoms with Crippen LogP contribution in [0.15, 0.2) is 41.8 Å². The van der Waals surface area contributed by atoms with Crippen LogP contribution in [0, 0.1) is 0 Å². The Morgan fingerprint density at radius 2 is 1.87 bits per heavy atom. The molecule has 1 aromatic carbocycles. The number of nitrogens with zero attached hydrogens (tertiary/aromatic N) is 3. The summed E-state index contributed by atoms with van der Waals surface area (Å²) in [4.78, 5) is 32.4. The van der Waals surface area contributed by atoms with Crippen LogP contribution in [0.5, 0.6) is 5.75 Å². The maximum atomic E-state index is 12.8. The average Bonchev–Trinajstić information content (AvgIpc) is 3.41. The lowest BCUT2D eigenvalue weighted by Gasteiger charge is -2.36. The molecule has 8 heteroatoms. The number of carbonyl (C=O) groups excluding carboxylic acids is 2. The van der Waals surface area contributed by atoms with Gasteiger partial charge < -0.3 is 14.5 Å². The van der Waals surface area contributed by atoms with Crippen LogP contribution in [0.3, 0.4) is 0 Å². The Bertz CT molecular complexity index is 882. The van der Waals surface area contributed by atoms with E-state index in [0.717, 1.165) is 48.9 Å². The fourth-order valence-electron chi connectivity index (χ4n) is 3.99. The minimum absolute atomic E-state index is 0.0228. The van der Waals surface area contributed by atoms with Gasteiger partial charge in [0, 0.05) is 44.8 Å². The first-order valence-electron chi connectivity index (χ1n) is 10.2. The van der Waals surface area contributed by atoms with Gasteiger partial charge in [0.1, 0.15) is 11.1 Å². The molecule has 30 heavy (non-hydrogen) atoms. The molecule has 0 spiro atoms. The van der Waals surface area contributed by atoms with Gasteiger partial charge in [0.25, 0.3) is 5.91 Å². The van der Waals surface area contributed by atoms with Crippen molar-refractivity contribution in [2.24, 2.45) is 0 Å². The van der Waals surface area contributed by atoms with E-state index in [2.05, 4.69) is 4.90 Å². The normalized spacial score (nSPS) is 22.5. The summed E-state index contributed by atoms with van der Waals surface area (Å²) >= 11 is 3.17. The Kier molecular flexibility index (Phi) is 6.65. The Labute approximate surface area is 185 Å². The minimum Gasteiger partial charge on any atom is -0.496 e. The van der Waals surface area contributed by atoms with Crippen LogP contribution in [0.1, 0.15) is 27.5 Å². The lowest BCUT2D eigenvalue weighted by molar-refractivity contribution is -0.130. The number of para-hydroxylation sites is 1. The van der Waals surface area contributed by atoms with Crippen molar-refractivity contribution in [2.75, 3.05) is 46.4 Å². The van der Waals surface area contributed by atoms with E-state index >= 15 is 0 Å². The van der Waals surface area contributed by atoms with Crippen molar-refractivity contribution in [3.05, 3.63) is 52.2 Å². The number of piperazine rings is 1. The molecule has 6 nitrogen and oxygen atoms in total. The van der Waals surface area contributed by atoms with E-state index < -0.39 is 0 Å². The molecular formula is C22H27N3O3S2. The molecule has 0 radical (unpaired) electrons. The van der Waals surface area contributed by atoms with E-state index in [9.17, 15) is 9.59 Å². The number of carbonyl (C=O) groups is 2. The van der Waals surface area contributed by atoms with E-state index in [1.54, 1.807) is 18.9 Å². The number of hydrogen-bond acceptors (Lipinski definition) is 6. The Balaban J connectivity index is 1.35. The molecule has 2 unspecified atom stereocenters. The fourth-order valence-corrected chi connectivity index (χ4v) is 6.02. The van der Waals surface area contributed by atoms with Gasteiger partial charge in [-0.1, -0.05) is 24.3 Å². The van der Waals surface area contributed by atoms with Gasteiger partial charge in [-0.25, -0.2) is 0 Å². The van der Waals surface area contributed by atoms with Gasteiger partial charge >= 0.3 is 0 Å². The molecule has 2 amide bonds. The molecular weight excluding hydrogens is 418 g/mol. The number of benzene rings is 1. The SMILES string of the molecule is COc1ccccc1C1SC(C)C(=O)N1CCN1CCN(C(=O)c2cccs2)CC1. The minimum atomic E-state index is -0.0554. The molecule has 2 aliphatic heterocycles. The lowest BCUT2D eigenvalue weighted by Crippen LogP contribution is -2.50. The summed E-state index contributed by atoms with van der Waals surface area (Å²) in [5, 5.41) is 1.86. The molecule has 2 saturated heterocycles. The van der Waals surface area contributed by atoms with Crippen LogP contribution in [0.4, 0.5) is 0 Å². The highest BCUT2D eigenvalue weighted by Gasteiger charge is 2.39. The summed E-state index contributed by atoms with van der Waals surface area (Å²) < 4.78 is 5.54. The maximum Gasteiger partial charge on any atom is 0.264 e. The second-order valence-electron chi connectivity index (χ2n) is 7.52. The summed E-state index contributed by atoms with van der Waals surface area (Å²) in [7, 11) is 1.67. The summed E-state index contributed by atoms with van der Waals surface area (Å²) in [6.07, 6.45) is 0. The van der Waals surface area contributed by atoms with E-state index in [0.29, 0.717) is 6.54 Å². The van der Waals surface area contributed by atoms with Gasteiger partial charge in [0.05, 0.1) is 17.2 Å². The van der Waals surface area contributed by atoms with Crippen LogP contribution >= 0.6 is 23.1 Å². The highest BCUT2D eigenvalue weighted by atomic mass is 32.2. The molecule has 0 N–H and O–H groups in total. The van der Waals surface area contributed by atoms with Crippen molar-refractivity contribution in [1.29, 1.82) is 0 Å². The average molecular weight is 446 g/mol. The highest BCUT2D eigenvalue weighted by Crippen LogP contribution is 2.45. The predicted molar refractivity (Wildman–Crippen MR) is 121 cm³/mol. The first-order chi connectivity index (χ1) is 14.6. The number of thioether (sulfide) groups is 1. The zero-order valence-corrected chi connectivity index (χ0v) is 19.0. The van der Waals surface area contributed by atoms with Gasteiger partial charge in [-0.2, -0.15) is 0 Å². The van der Waals surface area contributed by atoms with Crippen molar-refractivity contribution in [2.45, 2.75) is 17.5 Å². The highest BCUT2D eigenvalue weighted by molar-refractivity contribution is 8.01. The first-order valence-corrected chi connectivity index (χ1v) is 12.0. The van der Waals surface area contributed by atoms with E-state index in [4.69, 9.17) is 4.74 Å². The number of ether oxygens (including phenoxy) is 1. The molecule has 160 valence electrons. The smallest absolute Gasteiger partial charge is 0.264 e. The van der Waals surface area contributed by atoms with Crippen molar-refractivity contribution >= 4 is 34.9 Å². The number of thiophene rings is 1. The van der Waals surface area contributed by atoms with Crippen molar-refractivity contribution in [3.63, 3.8) is 0 Å². The van der Waals surface area contributed by atoms with Crippen molar-refractivity contribution in [1.82, 2.24) is 14.7 Å². The zero-order valence-electron chi connectivity index (χ0n) is 17.3. The second kappa shape index (κ2) is 9.41. The zero-order chi connectivity index (χ0) is 21.1. The third-order valence-electron chi connectivity index (χ3n) is 5.70. The standard InChI is InChI=1S/C22H27N3O3S2/c1-16-20(26)25(22(30-16)17-6-3-4-7-18(17)28-2)14-11-23-9-12-24(13-10-23)21(27)19-8-5-15-29-19/h3-8,15-16,22H,9-14H2,1-2H3. The monoisotopic (exact) mass is 445 g/mol. The third-order valence-corrected chi connectivity index (χ3v) is 7.93. The molecule has 3 heterocycles. The van der Waals surface area contributed by atoms with Crippen LogP contribution in [0.25, 0.3) is 0 Å².